The zero-order chi connectivity index (χ0) is 20.7. The number of hydrogen-bond acceptors (Lipinski definition) is 5. The Balaban J connectivity index is 2.29. The second kappa shape index (κ2) is 9.45. The van der Waals surface area contributed by atoms with Crippen molar-refractivity contribution in [1.82, 2.24) is 0 Å². The van der Waals surface area contributed by atoms with Crippen molar-refractivity contribution >= 4 is 27.3 Å². The quantitative estimate of drug-likeness (QED) is 0.691. The van der Waals surface area contributed by atoms with Gasteiger partial charge in [0.2, 0.25) is 15.9 Å². The lowest BCUT2D eigenvalue weighted by atomic mass is 10.1. The van der Waals surface area contributed by atoms with Gasteiger partial charge in [0.15, 0.2) is 0 Å². The molecule has 0 saturated heterocycles. The maximum Gasteiger partial charge on any atom is 0.248 e. The first-order valence-electron chi connectivity index (χ1n) is 8.97. The molecular weight excluding hydrogens is 380 g/mol. The minimum absolute atomic E-state index is 0.308. The summed E-state index contributed by atoms with van der Waals surface area (Å²) in [5.41, 5.74) is 0.965. The van der Waals surface area contributed by atoms with Crippen LogP contribution in [-0.4, -0.2) is 40.3 Å². The maximum atomic E-state index is 12.9. The number of sulfonamides is 1. The van der Waals surface area contributed by atoms with E-state index < -0.39 is 22.0 Å². The Morgan fingerprint density at radius 3 is 2.07 bits per heavy atom. The number of methoxy groups -OCH3 is 1. The molecule has 0 spiro atoms. The molecule has 7 nitrogen and oxygen atoms in total. The first-order valence-corrected chi connectivity index (χ1v) is 10.8. The van der Waals surface area contributed by atoms with Crippen LogP contribution in [0.5, 0.6) is 11.5 Å². The third-order valence-electron chi connectivity index (χ3n) is 4.09. The zero-order valence-electron chi connectivity index (χ0n) is 16.5. The number of nitrogens with one attached hydrogen (secondary N) is 1. The van der Waals surface area contributed by atoms with Gasteiger partial charge >= 0.3 is 0 Å². The summed E-state index contributed by atoms with van der Waals surface area (Å²) in [7, 11) is -2.13. The maximum absolute atomic E-state index is 12.9. The van der Waals surface area contributed by atoms with Gasteiger partial charge in [0.05, 0.1) is 25.7 Å². The monoisotopic (exact) mass is 406 g/mol. The standard InChI is InChI=1S/C20H26N2O5S/c1-5-19(20(23)21-15-7-11-17(26-3)12-8-15)22(28(4,24)25)16-9-13-18(14-10-16)27-6-2/h7-14,19H,5-6H2,1-4H3,(H,21,23)/t19-/m1/s1. The lowest BCUT2D eigenvalue weighted by Crippen LogP contribution is -2.46. The van der Waals surface area contributed by atoms with Crippen LogP contribution < -0.4 is 19.1 Å². The molecule has 1 N–H and O–H groups in total. The molecule has 0 bridgehead atoms. The molecule has 0 heterocycles. The Kier molecular flexibility index (Phi) is 7.28. The molecular formula is C20H26N2O5S. The lowest BCUT2D eigenvalue weighted by Gasteiger charge is -2.30. The van der Waals surface area contributed by atoms with Gasteiger partial charge in [0.1, 0.15) is 17.5 Å². The minimum atomic E-state index is -3.69. The van der Waals surface area contributed by atoms with Crippen LogP contribution in [0.2, 0.25) is 0 Å². The number of anilines is 2. The summed E-state index contributed by atoms with van der Waals surface area (Å²) in [5, 5.41) is 2.77. The Bertz CT molecular complexity index is 880. The highest BCUT2D eigenvalue weighted by Crippen LogP contribution is 2.26. The fraction of sp³-hybridized carbons (Fsp3) is 0.350. The molecule has 0 saturated carbocycles. The Labute approximate surface area is 166 Å². The number of nitrogens with zero attached hydrogens (tertiary/aromatic N) is 1. The lowest BCUT2D eigenvalue weighted by molar-refractivity contribution is -0.117. The van der Waals surface area contributed by atoms with Crippen LogP contribution in [0.3, 0.4) is 0 Å². The molecule has 2 aromatic carbocycles. The smallest absolute Gasteiger partial charge is 0.248 e. The molecule has 0 radical (unpaired) electrons. The molecule has 28 heavy (non-hydrogen) atoms. The molecule has 0 aromatic heterocycles. The topological polar surface area (TPSA) is 84.9 Å². The second-order valence-electron chi connectivity index (χ2n) is 6.13. The van der Waals surface area contributed by atoms with Gasteiger partial charge in [-0.2, -0.15) is 0 Å². The molecule has 8 heteroatoms. The first kappa shape index (κ1) is 21.6. The fourth-order valence-corrected chi connectivity index (χ4v) is 4.03. The molecule has 1 amide bonds. The Morgan fingerprint density at radius 1 is 1.04 bits per heavy atom. The summed E-state index contributed by atoms with van der Waals surface area (Å²) >= 11 is 0. The van der Waals surface area contributed by atoms with E-state index in [0.717, 1.165) is 10.6 Å². The normalized spacial score (nSPS) is 12.1. The van der Waals surface area contributed by atoms with E-state index in [9.17, 15) is 13.2 Å². The van der Waals surface area contributed by atoms with Crippen LogP contribution >= 0.6 is 0 Å². The summed E-state index contributed by atoms with van der Waals surface area (Å²) in [5.74, 6) is 0.889. The summed E-state index contributed by atoms with van der Waals surface area (Å²) < 4.78 is 36.6. The minimum Gasteiger partial charge on any atom is -0.497 e. The number of carbonyl (C=O) groups is 1. The largest absolute Gasteiger partial charge is 0.497 e. The number of amides is 1. The molecule has 2 aromatic rings. The van der Waals surface area contributed by atoms with Crippen LogP contribution in [0.1, 0.15) is 20.3 Å². The third-order valence-corrected chi connectivity index (χ3v) is 5.27. The Hall–Kier alpha value is -2.74. The zero-order valence-corrected chi connectivity index (χ0v) is 17.3. The first-order chi connectivity index (χ1) is 13.3. The van der Waals surface area contributed by atoms with Gasteiger partial charge in [0, 0.05) is 5.69 Å². The van der Waals surface area contributed by atoms with Crippen molar-refractivity contribution in [3.8, 4) is 11.5 Å². The van der Waals surface area contributed by atoms with Crippen molar-refractivity contribution in [3.63, 3.8) is 0 Å². The highest BCUT2D eigenvalue weighted by Gasteiger charge is 2.31. The second-order valence-corrected chi connectivity index (χ2v) is 7.99. The highest BCUT2D eigenvalue weighted by molar-refractivity contribution is 7.92. The number of rotatable bonds is 9. The van der Waals surface area contributed by atoms with Crippen molar-refractivity contribution in [2.24, 2.45) is 0 Å². The van der Waals surface area contributed by atoms with Gasteiger partial charge in [-0.05, 0) is 61.9 Å². The van der Waals surface area contributed by atoms with E-state index in [4.69, 9.17) is 9.47 Å². The van der Waals surface area contributed by atoms with E-state index >= 15 is 0 Å². The van der Waals surface area contributed by atoms with E-state index in [-0.39, 0.29) is 0 Å². The van der Waals surface area contributed by atoms with Crippen molar-refractivity contribution in [1.29, 1.82) is 0 Å². The molecule has 0 fully saturated rings. The van der Waals surface area contributed by atoms with Crippen LogP contribution in [0.15, 0.2) is 48.5 Å². The van der Waals surface area contributed by atoms with Gasteiger partial charge in [-0.3, -0.25) is 9.10 Å². The average molecular weight is 407 g/mol. The molecule has 0 aliphatic rings. The molecule has 1 atom stereocenters. The van der Waals surface area contributed by atoms with Gasteiger partial charge < -0.3 is 14.8 Å². The van der Waals surface area contributed by atoms with E-state index in [1.54, 1.807) is 62.6 Å². The van der Waals surface area contributed by atoms with Crippen molar-refractivity contribution < 1.29 is 22.7 Å². The molecule has 0 unspecified atom stereocenters. The predicted molar refractivity (Wildman–Crippen MR) is 111 cm³/mol. The van der Waals surface area contributed by atoms with Gasteiger partial charge in [-0.25, -0.2) is 8.42 Å². The van der Waals surface area contributed by atoms with E-state index in [1.807, 2.05) is 6.92 Å². The molecule has 2 rings (SSSR count). The van der Waals surface area contributed by atoms with Gasteiger partial charge in [-0.15, -0.1) is 0 Å². The number of carbonyl (C=O) groups excluding carboxylic acids is 1. The van der Waals surface area contributed by atoms with Crippen molar-refractivity contribution in [2.75, 3.05) is 29.6 Å². The van der Waals surface area contributed by atoms with Crippen molar-refractivity contribution in [2.45, 2.75) is 26.3 Å². The predicted octanol–water partition coefficient (Wildman–Crippen LogP) is 3.28. The average Bonchev–Trinajstić information content (AvgIpc) is 2.66. The summed E-state index contributed by atoms with van der Waals surface area (Å²) in [6.45, 7) is 4.15. The SMILES string of the molecule is CCOc1ccc(N([C@H](CC)C(=O)Nc2ccc(OC)cc2)S(C)(=O)=O)cc1. The number of hydrogen-bond donors (Lipinski definition) is 1. The molecule has 152 valence electrons. The van der Waals surface area contributed by atoms with Crippen LogP contribution in [0.25, 0.3) is 0 Å². The number of ether oxygens (including phenoxy) is 2. The van der Waals surface area contributed by atoms with Gasteiger partial charge in [-0.1, -0.05) is 6.92 Å². The van der Waals surface area contributed by atoms with E-state index in [2.05, 4.69) is 5.32 Å². The summed E-state index contributed by atoms with van der Waals surface area (Å²) in [4.78, 5) is 12.9. The highest BCUT2D eigenvalue weighted by atomic mass is 32.2. The summed E-state index contributed by atoms with van der Waals surface area (Å²) in [6.07, 6.45) is 1.40. The van der Waals surface area contributed by atoms with Crippen LogP contribution in [0.4, 0.5) is 11.4 Å². The third kappa shape index (κ3) is 5.39. The Morgan fingerprint density at radius 2 is 1.61 bits per heavy atom. The van der Waals surface area contributed by atoms with Crippen molar-refractivity contribution in [3.05, 3.63) is 48.5 Å². The number of benzene rings is 2. The van der Waals surface area contributed by atoms with Crippen LogP contribution in [0, 0.1) is 0 Å². The summed E-state index contributed by atoms with van der Waals surface area (Å²) in [6, 6.07) is 12.6. The van der Waals surface area contributed by atoms with E-state index in [1.165, 1.54) is 0 Å². The van der Waals surface area contributed by atoms with E-state index in [0.29, 0.717) is 35.9 Å². The van der Waals surface area contributed by atoms with Gasteiger partial charge in [0.25, 0.3) is 0 Å². The van der Waals surface area contributed by atoms with Crippen LogP contribution in [-0.2, 0) is 14.8 Å². The molecule has 0 aliphatic heterocycles. The molecule has 0 aliphatic carbocycles. The fourth-order valence-electron chi connectivity index (χ4n) is 2.82.